The number of anilines is 1. The Morgan fingerprint density at radius 3 is 2.85 bits per heavy atom. The highest BCUT2D eigenvalue weighted by molar-refractivity contribution is 5.99. The summed E-state index contributed by atoms with van der Waals surface area (Å²) in [6.07, 6.45) is 5.02. The summed E-state index contributed by atoms with van der Waals surface area (Å²) in [6.45, 7) is 1.96. The third-order valence-corrected chi connectivity index (χ3v) is 5.46. The van der Waals surface area contributed by atoms with Crippen molar-refractivity contribution in [1.82, 2.24) is 19.4 Å². The van der Waals surface area contributed by atoms with E-state index in [4.69, 9.17) is 9.15 Å². The Morgan fingerprint density at radius 1 is 1.27 bits per heavy atom. The van der Waals surface area contributed by atoms with Crippen LogP contribution in [-0.2, 0) is 4.74 Å². The zero-order valence-corrected chi connectivity index (χ0v) is 17.5. The number of hydrogen-bond acceptors (Lipinski definition) is 8. The van der Waals surface area contributed by atoms with E-state index < -0.39 is 17.7 Å². The fraction of sp³-hybridized carbons (Fsp3) is 0.273. The summed E-state index contributed by atoms with van der Waals surface area (Å²) in [7, 11) is 0. The Balaban J connectivity index is 1.62. The Hall–Kier alpha value is -3.70. The predicted molar refractivity (Wildman–Crippen MR) is 113 cm³/mol. The lowest BCUT2D eigenvalue weighted by molar-refractivity contribution is -0.0136. The largest absolute Gasteiger partial charge is 0.472 e. The van der Waals surface area contributed by atoms with Gasteiger partial charge in [0.25, 0.3) is 0 Å². The molecule has 0 unspecified atom stereocenters. The lowest BCUT2D eigenvalue weighted by Crippen LogP contribution is -2.42. The maximum absolute atomic E-state index is 15.0. The van der Waals surface area contributed by atoms with Gasteiger partial charge < -0.3 is 19.6 Å². The number of ketones is 1. The molecule has 4 aromatic rings. The Bertz CT molecular complexity index is 1340. The van der Waals surface area contributed by atoms with E-state index in [0.717, 1.165) is 12.3 Å². The topological polar surface area (TPSA) is 115 Å². The van der Waals surface area contributed by atoms with E-state index >= 15 is 4.39 Å². The van der Waals surface area contributed by atoms with E-state index in [-0.39, 0.29) is 47.0 Å². The van der Waals surface area contributed by atoms with Crippen molar-refractivity contribution >= 4 is 17.4 Å². The molecule has 1 aliphatic rings. The number of fused-ring (bicyclic) bond motifs is 1. The van der Waals surface area contributed by atoms with Crippen LogP contribution in [0, 0.1) is 11.6 Å². The molecular formula is C22H19F2N5O4. The van der Waals surface area contributed by atoms with Crippen LogP contribution in [-0.4, -0.2) is 55.6 Å². The molecule has 0 aromatic carbocycles. The van der Waals surface area contributed by atoms with Crippen LogP contribution in [0.25, 0.3) is 28.2 Å². The predicted octanol–water partition coefficient (Wildman–Crippen LogP) is 3.09. The van der Waals surface area contributed by atoms with Crippen LogP contribution in [0.5, 0.6) is 0 Å². The van der Waals surface area contributed by atoms with Gasteiger partial charge in [0.05, 0.1) is 43.2 Å². The van der Waals surface area contributed by atoms with Crippen molar-refractivity contribution < 1.29 is 27.8 Å². The number of aromatic nitrogens is 4. The number of nitrogens with one attached hydrogen (secondary N) is 1. The highest BCUT2D eigenvalue weighted by atomic mass is 19.1. The summed E-state index contributed by atoms with van der Waals surface area (Å²) < 4.78 is 41.5. The second-order valence-corrected chi connectivity index (χ2v) is 7.72. The number of ether oxygens (including phenoxy) is 1. The molecule has 5 heterocycles. The van der Waals surface area contributed by atoms with Crippen molar-refractivity contribution in [3.8, 4) is 22.5 Å². The molecule has 0 radical (unpaired) electrons. The van der Waals surface area contributed by atoms with E-state index in [9.17, 15) is 14.3 Å². The standard InChI is InChI=1S/C22H19F2N5O4/c1-11(30)18-20(12-2-4-32-9-12)29-8-13(6-14(23)21(29)27-18)19-15(24)7-25-22(28-19)26-16-3-5-33-10-17(16)31/h2,4,6-9,16-17,31H,3,5,10H2,1H3,(H,25,26,28)/t16-,17-/m1/s1. The van der Waals surface area contributed by atoms with E-state index in [1.165, 1.54) is 30.0 Å². The minimum absolute atomic E-state index is 0.0615. The highest BCUT2D eigenvalue weighted by Gasteiger charge is 2.25. The van der Waals surface area contributed by atoms with Crippen LogP contribution >= 0.6 is 0 Å². The maximum Gasteiger partial charge on any atom is 0.223 e. The van der Waals surface area contributed by atoms with Crippen LogP contribution in [0.15, 0.2) is 41.5 Å². The highest BCUT2D eigenvalue weighted by Crippen LogP contribution is 2.31. The number of Topliss-reactive ketones (excluding diaryl/α,β-unsaturated/α-hetero) is 1. The van der Waals surface area contributed by atoms with E-state index in [2.05, 4.69) is 20.3 Å². The zero-order valence-electron chi connectivity index (χ0n) is 17.5. The first kappa shape index (κ1) is 21.2. The van der Waals surface area contributed by atoms with Crippen molar-refractivity contribution in [1.29, 1.82) is 0 Å². The van der Waals surface area contributed by atoms with Crippen molar-refractivity contribution in [3.05, 3.63) is 54.4 Å². The fourth-order valence-electron chi connectivity index (χ4n) is 3.85. The van der Waals surface area contributed by atoms with Gasteiger partial charge in [0, 0.05) is 30.9 Å². The summed E-state index contributed by atoms with van der Waals surface area (Å²) in [4.78, 5) is 24.5. The quantitative estimate of drug-likeness (QED) is 0.441. The van der Waals surface area contributed by atoms with Crippen LogP contribution in [0.4, 0.5) is 14.7 Å². The summed E-state index contributed by atoms with van der Waals surface area (Å²) in [5.74, 6) is -1.78. The molecule has 170 valence electrons. The van der Waals surface area contributed by atoms with Crippen LogP contribution in [0.3, 0.4) is 0 Å². The normalized spacial score (nSPS) is 18.5. The lowest BCUT2D eigenvalue weighted by atomic mass is 10.1. The lowest BCUT2D eigenvalue weighted by Gasteiger charge is -2.28. The molecule has 9 nitrogen and oxygen atoms in total. The van der Waals surface area contributed by atoms with Gasteiger partial charge in [-0.25, -0.2) is 23.7 Å². The number of carbonyl (C=O) groups excluding carboxylic acids is 1. The van der Waals surface area contributed by atoms with E-state index in [0.29, 0.717) is 24.3 Å². The number of hydrogen-bond donors (Lipinski definition) is 2. The first-order chi connectivity index (χ1) is 15.9. The minimum atomic E-state index is -0.766. The average Bonchev–Trinajstić information content (AvgIpc) is 3.44. The molecule has 33 heavy (non-hydrogen) atoms. The van der Waals surface area contributed by atoms with Gasteiger partial charge in [-0.05, 0) is 18.6 Å². The monoisotopic (exact) mass is 455 g/mol. The number of halogens is 2. The maximum atomic E-state index is 15.0. The number of rotatable bonds is 5. The Kier molecular flexibility index (Phi) is 5.35. The molecule has 2 atom stereocenters. The number of aliphatic hydroxyl groups is 1. The Morgan fingerprint density at radius 2 is 2.12 bits per heavy atom. The number of aliphatic hydroxyl groups excluding tert-OH is 1. The SMILES string of the molecule is CC(=O)c1nc2c(F)cc(-c3nc(N[C@@H]4CCOC[C@H]4O)ncc3F)cn2c1-c1ccoc1. The first-order valence-corrected chi connectivity index (χ1v) is 10.2. The summed E-state index contributed by atoms with van der Waals surface area (Å²) in [5.41, 5.74) is 0.789. The molecule has 0 saturated carbocycles. The number of imidazole rings is 1. The summed E-state index contributed by atoms with van der Waals surface area (Å²) in [6, 6.07) is 2.35. The van der Waals surface area contributed by atoms with Gasteiger partial charge >= 0.3 is 0 Å². The average molecular weight is 455 g/mol. The third-order valence-electron chi connectivity index (χ3n) is 5.46. The van der Waals surface area contributed by atoms with Crippen molar-refractivity contribution in [2.75, 3.05) is 18.5 Å². The molecule has 0 aliphatic carbocycles. The van der Waals surface area contributed by atoms with Crippen LogP contribution in [0.2, 0.25) is 0 Å². The van der Waals surface area contributed by atoms with Crippen molar-refractivity contribution in [2.24, 2.45) is 0 Å². The molecular weight excluding hydrogens is 436 g/mol. The molecule has 1 aliphatic heterocycles. The van der Waals surface area contributed by atoms with E-state index in [1.54, 1.807) is 6.07 Å². The second kappa shape index (κ2) is 8.34. The van der Waals surface area contributed by atoms with Crippen molar-refractivity contribution in [2.45, 2.75) is 25.5 Å². The zero-order chi connectivity index (χ0) is 23.1. The third kappa shape index (κ3) is 3.85. The number of nitrogens with zero attached hydrogens (tertiary/aromatic N) is 4. The van der Waals surface area contributed by atoms with Gasteiger partial charge in [-0.2, -0.15) is 0 Å². The van der Waals surface area contributed by atoms with E-state index in [1.807, 2.05) is 0 Å². The summed E-state index contributed by atoms with van der Waals surface area (Å²) >= 11 is 0. The van der Waals surface area contributed by atoms with Gasteiger partial charge in [-0.1, -0.05) is 0 Å². The number of furan rings is 1. The van der Waals surface area contributed by atoms with Gasteiger partial charge in [-0.15, -0.1) is 0 Å². The fourth-order valence-corrected chi connectivity index (χ4v) is 3.85. The van der Waals surface area contributed by atoms with Crippen LogP contribution in [0.1, 0.15) is 23.8 Å². The van der Waals surface area contributed by atoms with Crippen molar-refractivity contribution in [3.63, 3.8) is 0 Å². The van der Waals surface area contributed by atoms with Gasteiger partial charge in [0.2, 0.25) is 5.95 Å². The molecule has 4 aromatic heterocycles. The molecule has 1 saturated heterocycles. The molecule has 5 rings (SSSR count). The smallest absolute Gasteiger partial charge is 0.223 e. The molecule has 0 spiro atoms. The molecule has 0 amide bonds. The molecule has 2 N–H and O–H groups in total. The Labute approximate surface area is 186 Å². The number of carbonyl (C=O) groups is 1. The minimum Gasteiger partial charge on any atom is -0.472 e. The molecule has 11 heteroatoms. The van der Waals surface area contributed by atoms with Gasteiger partial charge in [-0.3, -0.25) is 9.20 Å². The van der Waals surface area contributed by atoms with Gasteiger partial charge in [0.15, 0.2) is 23.1 Å². The molecule has 1 fully saturated rings. The molecule has 0 bridgehead atoms. The summed E-state index contributed by atoms with van der Waals surface area (Å²) in [5, 5.41) is 13.1. The second-order valence-electron chi connectivity index (χ2n) is 7.72. The van der Waals surface area contributed by atoms with Gasteiger partial charge in [0.1, 0.15) is 11.4 Å². The van der Waals surface area contributed by atoms with Crippen LogP contribution < -0.4 is 5.32 Å². The first-order valence-electron chi connectivity index (χ1n) is 10.2. The number of pyridine rings is 1.